The molecule has 2 aliphatic rings. The van der Waals surface area contributed by atoms with Crippen molar-refractivity contribution >= 4 is 12.1 Å². The summed E-state index contributed by atoms with van der Waals surface area (Å²) >= 11 is 0. The Bertz CT molecular complexity index is 1120. The molecule has 1 aliphatic carbocycles. The van der Waals surface area contributed by atoms with Gasteiger partial charge in [0.25, 0.3) is 0 Å². The largest absolute Gasteiger partial charge is 0.478 e. The molecule has 3 aromatic rings. The smallest absolute Gasteiger partial charge is 0.410 e. The number of ether oxygens (including phenoxy) is 1. The van der Waals surface area contributed by atoms with Gasteiger partial charge in [-0.1, -0.05) is 48.5 Å². The Kier molecular flexibility index (Phi) is 4.31. The molecule has 152 valence electrons. The number of aromatic nitrogens is 2. The molecule has 0 atom stereocenters. The lowest BCUT2D eigenvalue weighted by Gasteiger charge is -2.28. The maximum absolute atomic E-state index is 12.8. The first-order valence-corrected chi connectivity index (χ1v) is 9.94. The van der Waals surface area contributed by atoms with E-state index in [1.165, 1.54) is 11.1 Å². The molecule has 0 saturated carbocycles. The third kappa shape index (κ3) is 2.85. The van der Waals surface area contributed by atoms with Crippen LogP contribution in [0.3, 0.4) is 0 Å². The van der Waals surface area contributed by atoms with Gasteiger partial charge in [-0.25, -0.2) is 9.59 Å². The van der Waals surface area contributed by atoms with E-state index in [9.17, 15) is 14.7 Å². The van der Waals surface area contributed by atoms with Crippen molar-refractivity contribution in [2.24, 2.45) is 0 Å². The van der Waals surface area contributed by atoms with Crippen molar-refractivity contribution < 1.29 is 19.4 Å². The molecular formula is C23H21N3O4. The van der Waals surface area contributed by atoms with E-state index in [1.807, 2.05) is 24.3 Å². The highest BCUT2D eigenvalue weighted by Crippen LogP contribution is 2.44. The van der Waals surface area contributed by atoms with Crippen LogP contribution in [0.15, 0.2) is 48.5 Å². The Morgan fingerprint density at radius 1 is 1.07 bits per heavy atom. The molecule has 0 radical (unpaired) electrons. The summed E-state index contributed by atoms with van der Waals surface area (Å²) in [6.45, 7) is 2.98. The van der Waals surface area contributed by atoms with Crippen LogP contribution in [0.5, 0.6) is 0 Å². The number of hydrogen-bond donors (Lipinski definition) is 1. The van der Waals surface area contributed by atoms with Crippen molar-refractivity contribution in [3.63, 3.8) is 0 Å². The van der Waals surface area contributed by atoms with Gasteiger partial charge in [0.15, 0.2) is 0 Å². The van der Waals surface area contributed by atoms with Crippen LogP contribution in [0.2, 0.25) is 0 Å². The van der Waals surface area contributed by atoms with Crippen LogP contribution in [0.1, 0.15) is 38.8 Å². The van der Waals surface area contributed by atoms with Crippen LogP contribution in [-0.4, -0.2) is 45.0 Å². The summed E-state index contributed by atoms with van der Waals surface area (Å²) in [4.78, 5) is 25.9. The molecular weight excluding hydrogens is 382 g/mol. The molecule has 1 aliphatic heterocycles. The minimum Gasteiger partial charge on any atom is -0.478 e. The summed E-state index contributed by atoms with van der Waals surface area (Å²) in [5, 5.41) is 13.8. The third-order valence-corrected chi connectivity index (χ3v) is 5.96. The van der Waals surface area contributed by atoms with Crippen molar-refractivity contribution in [2.45, 2.75) is 25.9 Å². The lowest BCUT2D eigenvalue weighted by molar-refractivity contribution is 0.0685. The number of fused-ring (bicyclic) bond motifs is 4. The number of rotatable bonds is 3. The predicted molar refractivity (Wildman–Crippen MR) is 109 cm³/mol. The number of amides is 1. The summed E-state index contributed by atoms with van der Waals surface area (Å²) in [6.07, 6.45) is -0.432. The molecule has 7 nitrogen and oxygen atoms in total. The van der Waals surface area contributed by atoms with Crippen molar-refractivity contribution in [1.82, 2.24) is 14.7 Å². The van der Waals surface area contributed by atoms with E-state index >= 15 is 0 Å². The number of carbonyl (C=O) groups is 2. The van der Waals surface area contributed by atoms with Crippen LogP contribution < -0.4 is 0 Å². The van der Waals surface area contributed by atoms with Gasteiger partial charge in [0, 0.05) is 12.5 Å². The van der Waals surface area contributed by atoms with Gasteiger partial charge in [-0.2, -0.15) is 5.10 Å². The van der Waals surface area contributed by atoms with E-state index in [0.29, 0.717) is 24.5 Å². The maximum Gasteiger partial charge on any atom is 0.410 e. The molecule has 1 amide bonds. The quantitative estimate of drug-likeness (QED) is 0.722. The zero-order chi connectivity index (χ0) is 20.8. The summed E-state index contributed by atoms with van der Waals surface area (Å²) in [5.41, 5.74) is 5.85. The van der Waals surface area contributed by atoms with Gasteiger partial charge in [0.05, 0.1) is 24.5 Å². The minimum absolute atomic E-state index is 0.00602. The van der Waals surface area contributed by atoms with E-state index in [-0.39, 0.29) is 24.6 Å². The number of hydrogen-bond acceptors (Lipinski definition) is 4. The van der Waals surface area contributed by atoms with Gasteiger partial charge in [-0.15, -0.1) is 0 Å². The monoisotopic (exact) mass is 403 g/mol. The minimum atomic E-state index is -1.02. The Labute approximate surface area is 173 Å². The molecule has 2 heterocycles. The van der Waals surface area contributed by atoms with Gasteiger partial charge in [-0.3, -0.25) is 4.68 Å². The zero-order valence-corrected chi connectivity index (χ0v) is 16.5. The van der Waals surface area contributed by atoms with E-state index in [4.69, 9.17) is 4.74 Å². The highest BCUT2D eigenvalue weighted by atomic mass is 16.6. The predicted octanol–water partition coefficient (Wildman–Crippen LogP) is 3.65. The standard InChI is InChI=1S/C23H21N3O4/c1-14-21(22(27)28)20-12-25(10-11-26(20)24-14)23(29)30-13-19-17-8-4-2-6-15(17)16-7-3-5-9-18(16)19/h2-9,19H,10-13H2,1H3,(H,27,28). The Morgan fingerprint density at radius 2 is 1.70 bits per heavy atom. The van der Waals surface area contributed by atoms with Crippen LogP contribution in [0.25, 0.3) is 11.1 Å². The maximum atomic E-state index is 12.8. The second-order valence-corrected chi connectivity index (χ2v) is 7.66. The summed E-state index contributed by atoms with van der Waals surface area (Å²) < 4.78 is 7.38. The molecule has 0 saturated heterocycles. The lowest BCUT2D eigenvalue weighted by Crippen LogP contribution is -2.39. The Balaban J connectivity index is 1.34. The second-order valence-electron chi connectivity index (χ2n) is 7.66. The zero-order valence-electron chi connectivity index (χ0n) is 16.5. The van der Waals surface area contributed by atoms with E-state index in [2.05, 4.69) is 29.4 Å². The molecule has 1 N–H and O–H groups in total. The highest BCUT2D eigenvalue weighted by Gasteiger charge is 2.32. The van der Waals surface area contributed by atoms with E-state index < -0.39 is 12.1 Å². The van der Waals surface area contributed by atoms with Gasteiger partial charge >= 0.3 is 12.1 Å². The van der Waals surface area contributed by atoms with Crippen LogP contribution in [-0.2, 0) is 17.8 Å². The van der Waals surface area contributed by atoms with E-state index in [1.54, 1.807) is 16.5 Å². The van der Waals surface area contributed by atoms with Crippen molar-refractivity contribution in [2.75, 3.05) is 13.2 Å². The summed E-state index contributed by atoms with van der Waals surface area (Å²) in [6, 6.07) is 16.4. The van der Waals surface area contributed by atoms with Crippen LogP contribution in [0, 0.1) is 6.92 Å². The fourth-order valence-electron chi connectivity index (χ4n) is 4.57. The van der Waals surface area contributed by atoms with Gasteiger partial charge < -0.3 is 14.7 Å². The molecule has 30 heavy (non-hydrogen) atoms. The number of aromatic carboxylic acids is 1. The number of benzene rings is 2. The molecule has 0 spiro atoms. The Hall–Kier alpha value is -3.61. The van der Waals surface area contributed by atoms with E-state index in [0.717, 1.165) is 11.1 Å². The molecule has 2 aromatic carbocycles. The first-order valence-electron chi connectivity index (χ1n) is 9.94. The molecule has 0 fully saturated rings. The van der Waals surface area contributed by atoms with Gasteiger partial charge in [-0.05, 0) is 29.2 Å². The molecule has 0 unspecified atom stereocenters. The number of carboxylic acids is 1. The lowest BCUT2D eigenvalue weighted by atomic mass is 9.98. The number of nitrogens with zero attached hydrogens (tertiary/aromatic N) is 3. The average molecular weight is 403 g/mol. The van der Waals surface area contributed by atoms with Gasteiger partial charge in [0.1, 0.15) is 12.2 Å². The highest BCUT2D eigenvalue weighted by molar-refractivity contribution is 5.90. The number of carboxylic acid groups (broad SMARTS) is 1. The Morgan fingerprint density at radius 3 is 2.33 bits per heavy atom. The van der Waals surface area contributed by atoms with Gasteiger partial charge in [0.2, 0.25) is 0 Å². The fraction of sp³-hybridized carbons (Fsp3) is 0.261. The summed E-state index contributed by atoms with van der Waals surface area (Å²) in [5.74, 6) is -1.03. The number of carbonyl (C=O) groups excluding carboxylic acids is 1. The first-order chi connectivity index (χ1) is 14.5. The topological polar surface area (TPSA) is 84.7 Å². The average Bonchev–Trinajstić information content (AvgIpc) is 3.25. The molecule has 1 aromatic heterocycles. The normalized spacial score (nSPS) is 14.8. The molecule has 0 bridgehead atoms. The second kappa shape index (κ2) is 7.02. The van der Waals surface area contributed by atoms with Crippen molar-refractivity contribution in [1.29, 1.82) is 0 Å². The van der Waals surface area contributed by atoms with Crippen molar-refractivity contribution in [3.05, 3.63) is 76.6 Å². The SMILES string of the molecule is Cc1nn2c(c1C(=O)O)CN(C(=O)OCC1c3ccccc3-c3ccccc31)CC2. The van der Waals surface area contributed by atoms with Crippen LogP contribution in [0.4, 0.5) is 4.79 Å². The fourth-order valence-corrected chi connectivity index (χ4v) is 4.57. The van der Waals surface area contributed by atoms with Crippen LogP contribution >= 0.6 is 0 Å². The molecule has 5 rings (SSSR count). The molecule has 7 heteroatoms. The number of aryl methyl sites for hydroxylation is 1. The van der Waals surface area contributed by atoms with Crippen molar-refractivity contribution in [3.8, 4) is 11.1 Å². The first kappa shape index (κ1) is 18.4. The third-order valence-electron chi connectivity index (χ3n) is 5.96. The summed E-state index contributed by atoms with van der Waals surface area (Å²) in [7, 11) is 0.